The minimum atomic E-state index is -0.824. The van der Waals surface area contributed by atoms with E-state index in [0.29, 0.717) is 10.9 Å². The molecule has 1 aliphatic heterocycles. The number of rotatable bonds is 4. The molecule has 0 fully saturated rings. The molecule has 0 N–H and O–H groups in total. The molecule has 0 saturated carbocycles. The molecule has 24 heavy (non-hydrogen) atoms. The molecule has 1 aliphatic rings. The number of hydrogen-bond acceptors (Lipinski definition) is 3. The van der Waals surface area contributed by atoms with Crippen LogP contribution >= 0.6 is 0 Å². The fourth-order valence-corrected chi connectivity index (χ4v) is 4.35. The summed E-state index contributed by atoms with van der Waals surface area (Å²) < 4.78 is 0. The van der Waals surface area contributed by atoms with Crippen molar-refractivity contribution in [2.75, 3.05) is 0 Å². The number of carbonyl (C=O) groups is 2. The first-order chi connectivity index (χ1) is 11.6. The van der Waals surface area contributed by atoms with Crippen molar-refractivity contribution in [3.8, 4) is 4.97 Å². The quantitative estimate of drug-likeness (QED) is 0.603. The van der Waals surface area contributed by atoms with Crippen LogP contribution in [-0.2, 0) is 16.8 Å². The molecular formula is C19H16N2O2Se. The molecule has 0 saturated heterocycles. The predicted octanol–water partition coefficient (Wildman–Crippen LogP) is 2.73. The van der Waals surface area contributed by atoms with E-state index in [1.54, 1.807) is 6.07 Å². The summed E-state index contributed by atoms with van der Waals surface area (Å²) in [6.45, 7) is 2.10. The molecule has 1 unspecified atom stereocenters. The molecule has 0 aliphatic carbocycles. The van der Waals surface area contributed by atoms with E-state index in [9.17, 15) is 9.59 Å². The number of hydrogen-bond donors (Lipinski definition) is 0. The van der Waals surface area contributed by atoms with Crippen LogP contribution in [0.4, 0.5) is 0 Å². The molecule has 1 atom stereocenters. The Morgan fingerprint density at radius 2 is 1.75 bits per heavy atom. The molecule has 120 valence electrons. The van der Waals surface area contributed by atoms with Crippen molar-refractivity contribution >= 4 is 26.8 Å². The molecule has 5 heteroatoms. The van der Waals surface area contributed by atoms with Crippen molar-refractivity contribution < 1.29 is 9.59 Å². The Morgan fingerprint density at radius 3 is 2.46 bits per heavy atom. The van der Waals surface area contributed by atoms with Crippen LogP contribution in [0.5, 0.6) is 0 Å². The van der Waals surface area contributed by atoms with E-state index >= 15 is 0 Å². The van der Waals surface area contributed by atoms with E-state index in [1.165, 1.54) is 4.90 Å². The van der Waals surface area contributed by atoms with E-state index in [-0.39, 0.29) is 33.3 Å². The summed E-state index contributed by atoms with van der Waals surface area (Å²) in [6, 6.07) is 16.7. The minimum absolute atomic E-state index is 0.216. The van der Waals surface area contributed by atoms with Crippen molar-refractivity contribution in [1.29, 1.82) is 5.26 Å². The summed E-state index contributed by atoms with van der Waals surface area (Å²) in [5.41, 5.74) is 1.38. The van der Waals surface area contributed by atoms with Gasteiger partial charge < -0.3 is 0 Å². The third-order valence-electron chi connectivity index (χ3n) is 4.32. The normalized spacial score (nSPS) is 19.8. The first kappa shape index (κ1) is 16.4. The fourth-order valence-electron chi connectivity index (χ4n) is 3.03. The number of nitrogens with zero attached hydrogens (tertiary/aromatic N) is 2. The molecule has 0 bridgehead atoms. The van der Waals surface area contributed by atoms with Gasteiger partial charge in [0, 0.05) is 0 Å². The van der Waals surface area contributed by atoms with Crippen LogP contribution in [0.25, 0.3) is 0 Å². The Kier molecular flexibility index (Phi) is 4.53. The second kappa shape index (κ2) is 6.60. The number of benzene rings is 2. The molecule has 1 heterocycles. The maximum absolute atomic E-state index is 13.1. The van der Waals surface area contributed by atoms with Crippen molar-refractivity contribution in [3.05, 3.63) is 71.3 Å². The van der Waals surface area contributed by atoms with Gasteiger partial charge in [-0.25, -0.2) is 0 Å². The van der Waals surface area contributed by atoms with Gasteiger partial charge in [-0.3, -0.25) is 0 Å². The number of amides is 2. The summed E-state index contributed by atoms with van der Waals surface area (Å²) in [4.78, 5) is 29.5. The standard InChI is InChI=1S/C19H16N2O2Se/c1-19(12-24-13-20)16-10-6-5-9-15(16)17(22)21(18(19)23)11-14-7-3-2-4-8-14/h2-10H,11-12H2,1H3. The Morgan fingerprint density at radius 1 is 1.08 bits per heavy atom. The van der Waals surface area contributed by atoms with E-state index in [1.807, 2.05) is 55.5 Å². The molecule has 0 radical (unpaired) electrons. The fraction of sp³-hybridized carbons (Fsp3) is 0.211. The first-order valence-corrected chi connectivity index (χ1v) is 9.65. The molecule has 2 aromatic rings. The molecule has 4 nitrogen and oxygen atoms in total. The Bertz CT molecular complexity index is 829. The van der Waals surface area contributed by atoms with Gasteiger partial charge in [0.15, 0.2) is 0 Å². The monoisotopic (exact) mass is 384 g/mol. The van der Waals surface area contributed by atoms with Crippen molar-refractivity contribution in [3.63, 3.8) is 0 Å². The van der Waals surface area contributed by atoms with Gasteiger partial charge >= 0.3 is 147 Å². The van der Waals surface area contributed by atoms with Crippen LogP contribution in [0.2, 0.25) is 5.32 Å². The van der Waals surface area contributed by atoms with Crippen molar-refractivity contribution in [2.24, 2.45) is 0 Å². The molecule has 3 rings (SSSR count). The van der Waals surface area contributed by atoms with Gasteiger partial charge in [-0.1, -0.05) is 0 Å². The number of carbonyl (C=O) groups excluding carboxylic acids is 2. The van der Waals surface area contributed by atoms with Crippen LogP contribution in [-0.4, -0.2) is 31.7 Å². The molecule has 2 amide bonds. The summed E-state index contributed by atoms with van der Waals surface area (Å²) >= 11 is -0.309. The Hall–Kier alpha value is -2.41. The Labute approximate surface area is 147 Å². The Balaban J connectivity index is 2.05. The zero-order chi connectivity index (χ0) is 17.2. The topological polar surface area (TPSA) is 61.2 Å². The van der Waals surface area contributed by atoms with E-state index in [0.717, 1.165) is 11.1 Å². The van der Waals surface area contributed by atoms with E-state index in [2.05, 4.69) is 4.97 Å². The average molecular weight is 383 g/mol. The van der Waals surface area contributed by atoms with Gasteiger partial charge in [-0.15, -0.1) is 0 Å². The number of nitriles is 1. The van der Waals surface area contributed by atoms with Crippen LogP contribution in [0.15, 0.2) is 54.6 Å². The van der Waals surface area contributed by atoms with Crippen LogP contribution < -0.4 is 0 Å². The van der Waals surface area contributed by atoms with Gasteiger partial charge in [0.25, 0.3) is 0 Å². The summed E-state index contributed by atoms with van der Waals surface area (Å²) in [7, 11) is 0. The molecule has 0 spiro atoms. The average Bonchev–Trinajstić information content (AvgIpc) is 2.63. The van der Waals surface area contributed by atoms with Gasteiger partial charge in [-0.05, 0) is 0 Å². The molecular weight excluding hydrogens is 367 g/mol. The predicted molar refractivity (Wildman–Crippen MR) is 91.3 cm³/mol. The third kappa shape index (κ3) is 2.75. The van der Waals surface area contributed by atoms with E-state index < -0.39 is 5.41 Å². The van der Waals surface area contributed by atoms with Gasteiger partial charge in [0.1, 0.15) is 0 Å². The maximum atomic E-state index is 13.1. The van der Waals surface area contributed by atoms with Crippen LogP contribution in [0.3, 0.4) is 0 Å². The van der Waals surface area contributed by atoms with Gasteiger partial charge in [0.2, 0.25) is 0 Å². The third-order valence-corrected chi connectivity index (χ3v) is 6.11. The van der Waals surface area contributed by atoms with Gasteiger partial charge in [0.05, 0.1) is 0 Å². The zero-order valence-corrected chi connectivity index (χ0v) is 14.9. The number of fused-ring (bicyclic) bond motifs is 1. The van der Waals surface area contributed by atoms with Crippen molar-refractivity contribution in [1.82, 2.24) is 4.90 Å². The molecule has 2 aromatic carbocycles. The van der Waals surface area contributed by atoms with Crippen molar-refractivity contribution in [2.45, 2.75) is 24.2 Å². The van der Waals surface area contributed by atoms with E-state index in [4.69, 9.17) is 5.26 Å². The first-order valence-electron chi connectivity index (χ1n) is 7.58. The van der Waals surface area contributed by atoms with Gasteiger partial charge in [-0.2, -0.15) is 0 Å². The summed E-state index contributed by atoms with van der Waals surface area (Å²) in [6.07, 6.45) is 0. The zero-order valence-electron chi connectivity index (χ0n) is 13.2. The molecule has 0 aromatic heterocycles. The van der Waals surface area contributed by atoms with Crippen LogP contribution in [0, 0.1) is 10.2 Å². The SMILES string of the molecule is CC1(C[Se]C#N)C(=O)N(Cc2ccccc2)C(=O)c2ccccc21. The van der Waals surface area contributed by atoms with Crippen LogP contribution in [0.1, 0.15) is 28.4 Å². The second-order valence-corrected chi connectivity index (χ2v) is 7.53. The number of imide groups is 1. The summed E-state index contributed by atoms with van der Waals surface area (Å²) in [5, 5.41) is 9.45. The summed E-state index contributed by atoms with van der Waals surface area (Å²) in [5.74, 6) is -0.478. The second-order valence-electron chi connectivity index (χ2n) is 5.94.